The number of para-hydroxylation sites is 1. The molecule has 8 heteroatoms. The number of carbonyl (C=O) groups excluding carboxylic acids is 1. The summed E-state index contributed by atoms with van der Waals surface area (Å²) in [5.74, 6) is -0.895. The maximum absolute atomic E-state index is 12.6. The molecule has 1 N–H and O–H groups in total. The van der Waals surface area contributed by atoms with Gasteiger partial charge in [-0.2, -0.15) is 13.2 Å². The summed E-state index contributed by atoms with van der Waals surface area (Å²) >= 11 is 0. The number of amides is 1. The van der Waals surface area contributed by atoms with Gasteiger partial charge in [0.2, 0.25) is 5.91 Å². The molecule has 0 radical (unpaired) electrons. The molecule has 0 spiro atoms. The van der Waals surface area contributed by atoms with Crippen molar-refractivity contribution in [3.8, 4) is 0 Å². The number of sulfone groups is 1. The first-order chi connectivity index (χ1) is 12.1. The molecule has 1 aliphatic carbocycles. The monoisotopic (exact) mass is 383 g/mol. The van der Waals surface area contributed by atoms with Crippen molar-refractivity contribution in [3.05, 3.63) is 59.7 Å². The Labute approximate surface area is 149 Å². The molecule has 1 fully saturated rings. The number of halogens is 3. The minimum atomic E-state index is -4.39. The Kier molecular flexibility index (Phi) is 4.56. The van der Waals surface area contributed by atoms with Gasteiger partial charge in [0.15, 0.2) is 9.84 Å². The van der Waals surface area contributed by atoms with Crippen molar-refractivity contribution in [2.24, 2.45) is 5.92 Å². The van der Waals surface area contributed by atoms with Crippen LogP contribution in [0.2, 0.25) is 0 Å². The summed E-state index contributed by atoms with van der Waals surface area (Å²) in [5.41, 5.74) is 0.137. The van der Waals surface area contributed by atoms with Gasteiger partial charge in [-0.15, -0.1) is 0 Å². The molecule has 1 saturated carbocycles. The van der Waals surface area contributed by atoms with Gasteiger partial charge in [0.25, 0.3) is 0 Å². The summed E-state index contributed by atoms with van der Waals surface area (Å²) in [6, 6.07) is 10.9. The molecule has 138 valence electrons. The molecular weight excluding hydrogens is 367 g/mol. The van der Waals surface area contributed by atoms with Crippen LogP contribution in [0.3, 0.4) is 0 Å². The van der Waals surface area contributed by atoms with Crippen LogP contribution in [0.15, 0.2) is 53.4 Å². The topological polar surface area (TPSA) is 63.2 Å². The quantitative estimate of drug-likeness (QED) is 0.872. The number of anilines is 1. The predicted molar refractivity (Wildman–Crippen MR) is 90.5 cm³/mol. The standard InChI is InChI=1S/C18H16F3NO3S/c1-26(24,25)16-5-3-2-4-15(16)22-17(23)14-10-13(14)11-6-8-12(9-7-11)18(19,20)21/h2-9,13-14H,10H2,1H3,(H,22,23). The van der Waals surface area contributed by atoms with Crippen LogP contribution >= 0.6 is 0 Å². The second-order valence-corrected chi connectivity index (χ2v) is 8.31. The fraction of sp³-hybridized carbons (Fsp3) is 0.278. The van der Waals surface area contributed by atoms with Crippen molar-refractivity contribution in [2.45, 2.75) is 23.4 Å². The SMILES string of the molecule is CS(=O)(=O)c1ccccc1NC(=O)C1CC1c1ccc(C(F)(F)F)cc1. The number of nitrogens with one attached hydrogen (secondary N) is 1. The van der Waals surface area contributed by atoms with Gasteiger partial charge >= 0.3 is 6.18 Å². The van der Waals surface area contributed by atoms with Gasteiger partial charge in [0.05, 0.1) is 16.1 Å². The molecule has 0 saturated heterocycles. The van der Waals surface area contributed by atoms with Crippen molar-refractivity contribution in [3.63, 3.8) is 0 Å². The zero-order valence-corrected chi connectivity index (χ0v) is 14.6. The zero-order chi connectivity index (χ0) is 19.1. The van der Waals surface area contributed by atoms with Gasteiger partial charge < -0.3 is 5.32 Å². The van der Waals surface area contributed by atoms with Crippen LogP contribution in [0.5, 0.6) is 0 Å². The van der Waals surface area contributed by atoms with Crippen molar-refractivity contribution < 1.29 is 26.4 Å². The maximum atomic E-state index is 12.6. The molecule has 0 heterocycles. The zero-order valence-electron chi connectivity index (χ0n) is 13.7. The van der Waals surface area contributed by atoms with E-state index in [0.29, 0.717) is 12.0 Å². The van der Waals surface area contributed by atoms with E-state index in [1.54, 1.807) is 12.1 Å². The Morgan fingerprint density at radius 2 is 1.69 bits per heavy atom. The molecule has 1 aliphatic rings. The summed E-state index contributed by atoms with van der Waals surface area (Å²) in [6.45, 7) is 0. The third-order valence-corrected chi connectivity index (χ3v) is 5.49. The summed E-state index contributed by atoms with van der Waals surface area (Å²) in [5, 5.41) is 2.62. The van der Waals surface area contributed by atoms with Crippen molar-refractivity contribution >= 4 is 21.4 Å². The van der Waals surface area contributed by atoms with Gasteiger partial charge in [-0.25, -0.2) is 8.42 Å². The molecule has 0 aromatic heterocycles. The van der Waals surface area contributed by atoms with Gasteiger partial charge in [0.1, 0.15) is 0 Å². The van der Waals surface area contributed by atoms with Crippen LogP contribution in [-0.4, -0.2) is 20.6 Å². The average Bonchev–Trinajstić information content (AvgIpc) is 3.34. The molecule has 2 unspecified atom stereocenters. The first-order valence-electron chi connectivity index (χ1n) is 7.84. The van der Waals surface area contributed by atoms with Gasteiger partial charge in [-0.05, 0) is 42.2 Å². The van der Waals surface area contributed by atoms with Crippen LogP contribution in [0, 0.1) is 5.92 Å². The third-order valence-electron chi connectivity index (χ3n) is 4.34. The van der Waals surface area contributed by atoms with Crippen molar-refractivity contribution in [1.82, 2.24) is 0 Å². The van der Waals surface area contributed by atoms with Crippen LogP contribution in [0.4, 0.5) is 18.9 Å². The first-order valence-corrected chi connectivity index (χ1v) is 9.73. The van der Waals surface area contributed by atoms with Crippen molar-refractivity contribution in [2.75, 3.05) is 11.6 Å². The van der Waals surface area contributed by atoms with Crippen LogP contribution in [0.1, 0.15) is 23.5 Å². The molecule has 2 aromatic rings. The number of rotatable bonds is 4. The van der Waals surface area contributed by atoms with E-state index < -0.39 is 21.6 Å². The molecule has 2 atom stereocenters. The van der Waals surface area contributed by atoms with E-state index in [9.17, 15) is 26.4 Å². The van der Waals surface area contributed by atoms with Crippen LogP contribution in [-0.2, 0) is 20.8 Å². The van der Waals surface area contributed by atoms with E-state index in [4.69, 9.17) is 0 Å². The number of hydrogen-bond acceptors (Lipinski definition) is 3. The highest BCUT2D eigenvalue weighted by Crippen LogP contribution is 2.48. The molecule has 0 aliphatic heterocycles. The van der Waals surface area contributed by atoms with E-state index in [0.717, 1.165) is 18.4 Å². The van der Waals surface area contributed by atoms with Crippen LogP contribution < -0.4 is 5.32 Å². The Morgan fingerprint density at radius 3 is 2.27 bits per heavy atom. The highest BCUT2D eigenvalue weighted by molar-refractivity contribution is 7.90. The largest absolute Gasteiger partial charge is 0.416 e. The normalized spacial score (nSPS) is 19.8. The second kappa shape index (κ2) is 6.42. The molecular formula is C18H16F3NO3S. The fourth-order valence-corrected chi connectivity index (χ4v) is 3.74. The number of benzene rings is 2. The fourth-order valence-electron chi connectivity index (χ4n) is 2.89. The lowest BCUT2D eigenvalue weighted by Gasteiger charge is -2.10. The highest BCUT2D eigenvalue weighted by atomic mass is 32.2. The smallest absolute Gasteiger partial charge is 0.325 e. The van der Waals surface area contributed by atoms with E-state index in [-0.39, 0.29) is 28.3 Å². The third kappa shape index (κ3) is 3.90. The van der Waals surface area contributed by atoms with E-state index in [1.165, 1.54) is 24.3 Å². The lowest BCUT2D eigenvalue weighted by molar-refractivity contribution is -0.137. The molecule has 26 heavy (non-hydrogen) atoms. The summed E-state index contributed by atoms with van der Waals surface area (Å²) in [6.07, 6.45) is -2.83. The Hall–Kier alpha value is -2.35. The van der Waals surface area contributed by atoms with Gasteiger partial charge in [-0.1, -0.05) is 24.3 Å². The maximum Gasteiger partial charge on any atom is 0.416 e. The van der Waals surface area contributed by atoms with E-state index in [1.807, 2.05) is 0 Å². The Balaban J connectivity index is 1.71. The van der Waals surface area contributed by atoms with Crippen molar-refractivity contribution in [1.29, 1.82) is 0 Å². The summed E-state index contributed by atoms with van der Waals surface area (Å²) in [7, 11) is -3.49. The minimum Gasteiger partial charge on any atom is -0.325 e. The lowest BCUT2D eigenvalue weighted by Crippen LogP contribution is -2.16. The lowest BCUT2D eigenvalue weighted by atomic mass is 10.1. The Bertz CT molecular complexity index is 937. The minimum absolute atomic E-state index is 0.0279. The molecule has 2 aromatic carbocycles. The second-order valence-electron chi connectivity index (χ2n) is 6.33. The summed E-state index contributed by atoms with van der Waals surface area (Å²) < 4.78 is 61.4. The molecule has 3 rings (SSSR count). The van der Waals surface area contributed by atoms with Crippen LogP contribution in [0.25, 0.3) is 0 Å². The molecule has 1 amide bonds. The van der Waals surface area contributed by atoms with E-state index >= 15 is 0 Å². The average molecular weight is 383 g/mol. The number of alkyl halides is 3. The Morgan fingerprint density at radius 1 is 1.08 bits per heavy atom. The number of carbonyl (C=O) groups is 1. The van der Waals surface area contributed by atoms with Gasteiger partial charge in [0, 0.05) is 12.2 Å². The highest BCUT2D eigenvalue weighted by Gasteiger charge is 2.44. The predicted octanol–water partition coefficient (Wildman–Crippen LogP) is 3.85. The van der Waals surface area contributed by atoms with E-state index in [2.05, 4.69) is 5.32 Å². The summed E-state index contributed by atoms with van der Waals surface area (Å²) in [4.78, 5) is 12.4. The molecule has 4 nitrogen and oxygen atoms in total. The number of hydrogen-bond donors (Lipinski definition) is 1. The molecule has 0 bridgehead atoms. The first kappa shape index (κ1) is 18.4. The van der Waals surface area contributed by atoms with Gasteiger partial charge in [-0.3, -0.25) is 4.79 Å².